The Balaban J connectivity index is 1.90. The van der Waals surface area contributed by atoms with Crippen LogP contribution >= 0.6 is 11.3 Å². The molecule has 6 heteroatoms. The van der Waals surface area contributed by atoms with Gasteiger partial charge in [-0.3, -0.25) is 10.2 Å². The molecule has 0 bridgehead atoms. The van der Waals surface area contributed by atoms with E-state index in [4.69, 9.17) is 11.1 Å². The number of hydrazine groups is 1. The molecule has 2 heterocycles. The van der Waals surface area contributed by atoms with Crippen LogP contribution < -0.4 is 11.3 Å². The van der Waals surface area contributed by atoms with Gasteiger partial charge in [-0.15, -0.1) is 11.3 Å². The molecule has 0 unspecified atom stereocenters. The van der Waals surface area contributed by atoms with E-state index in [2.05, 4.69) is 16.1 Å². The van der Waals surface area contributed by atoms with E-state index < -0.39 is 0 Å². The SMILES string of the molecule is N#Cc1ccc2c(ccn2Cc2ccc(C(=O)NN)s2)c1. The number of rotatable bonds is 3. The van der Waals surface area contributed by atoms with E-state index in [1.165, 1.54) is 11.3 Å². The molecule has 0 aliphatic rings. The second-order valence-electron chi connectivity index (χ2n) is 4.57. The summed E-state index contributed by atoms with van der Waals surface area (Å²) in [5, 5.41) is 9.95. The molecule has 2 aromatic heterocycles. The third kappa shape index (κ3) is 2.52. The van der Waals surface area contributed by atoms with E-state index in [-0.39, 0.29) is 5.91 Å². The van der Waals surface area contributed by atoms with Crippen molar-refractivity contribution in [3.05, 3.63) is 57.9 Å². The lowest BCUT2D eigenvalue weighted by atomic mass is 10.2. The molecule has 0 aliphatic carbocycles. The maximum absolute atomic E-state index is 11.4. The van der Waals surface area contributed by atoms with Crippen molar-refractivity contribution in [2.24, 2.45) is 5.84 Å². The van der Waals surface area contributed by atoms with Gasteiger partial charge < -0.3 is 4.57 Å². The lowest BCUT2D eigenvalue weighted by Crippen LogP contribution is -2.29. The Kier molecular flexibility index (Phi) is 3.44. The van der Waals surface area contributed by atoms with E-state index in [0.29, 0.717) is 17.0 Å². The van der Waals surface area contributed by atoms with E-state index in [1.807, 2.05) is 30.5 Å². The smallest absolute Gasteiger partial charge is 0.275 e. The van der Waals surface area contributed by atoms with Crippen molar-refractivity contribution in [3.8, 4) is 6.07 Å². The minimum absolute atomic E-state index is 0.276. The highest BCUT2D eigenvalue weighted by molar-refractivity contribution is 7.14. The zero-order chi connectivity index (χ0) is 14.8. The van der Waals surface area contributed by atoms with Crippen LogP contribution in [0.5, 0.6) is 0 Å². The summed E-state index contributed by atoms with van der Waals surface area (Å²) in [6, 6.07) is 13.4. The lowest BCUT2D eigenvalue weighted by Gasteiger charge is -2.03. The molecule has 0 radical (unpaired) electrons. The number of hydrogen-bond acceptors (Lipinski definition) is 4. The Morgan fingerprint density at radius 1 is 1.33 bits per heavy atom. The van der Waals surface area contributed by atoms with E-state index in [0.717, 1.165) is 15.8 Å². The molecule has 0 atom stereocenters. The van der Waals surface area contributed by atoms with Crippen molar-refractivity contribution in [2.75, 3.05) is 0 Å². The third-order valence-electron chi connectivity index (χ3n) is 3.24. The van der Waals surface area contributed by atoms with Crippen molar-refractivity contribution in [2.45, 2.75) is 6.54 Å². The number of nitrogens with one attached hydrogen (secondary N) is 1. The van der Waals surface area contributed by atoms with Crippen LogP contribution in [0.25, 0.3) is 10.9 Å². The number of carbonyl (C=O) groups excluding carboxylic acids is 1. The van der Waals surface area contributed by atoms with E-state index in [9.17, 15) is 4.79 Å². The van der Waals surface area contributed by atoms with Crippen molar-refractivity contribution >= 4 is 28.1 Å². The van der Waals surface area contributed by atoms with Crippen molar-refractivity contribution in [3.63, 3.8) is 0 Å². The number of nitrogen functional groups attached to an aromatic ring is 1. The van der Waals surface area contributed by atoms with Gasteiger partial charge in [0.2, 0.25) is 0 Å². The Bertz CT molecular complexity index is 856. The van der Waals surface area contributed by atoms with Gasteiger partial charge in [-0.25, -0.2) is 5.84 Å². The number of aromatic nitrogens is 1. The quantitative estimate of drug-likeness (QED) is 0.441. The number of hydrogen-bond donors (Lipinski definition) is 2. The molecule has 5 nitrogen and oxygen atoms in total. The van der Waals surface area contributed by atoms with E-state index >= 15 is 0 Å². The normalized spacial score (nSPS) is 10.5. The topological polar surface area (TPSA) is 83.8 Å². The van der Waals surface area contributed by atoms with Crippen LogP contribution in [0, 0.1) is 11.3 Å². The summed E-state index contributed by atoms with van der Waals surface area (Å²) in [4.78, 5) is 13.1. The highest BCUT2D eigenvalue weighted by atomic mass is 32.1. The fourth-order valence-electron chi connectivity index (χ4n) is 2.23. The van der Waals surface area contributed by atoms with Gasteiger partial charge in [0.15, 0.2) is 0 Å². The second kappa shape index (κ2) is 5.40. The number of nitriles is 1. The first-order valence-corrected chi connectivity index (χ1v) is 7.11. The maximum atomic E-state index is 11.4. The molecule has 21 heavy (non-hydrogen) atoms. The second-order valence-corrected chi connectivity index (χ2v) is 5.74. The summed E-state index contributed by atoms with van der Waals surface area (Å²) in [6.07, 6.45) is 1.98. The van der Waals surface area contributed by atoms with Crippen molar-refractivity contribution in [1.82, 2.24) is 9.99 Å². The molecule has 0 saturated heterocycles. The maximum Gasteiger partial charge on any atom is 0.275 e. The largest absolute Gasteiger partial charge is 0.342 e. The summed E-state index contributed by atoms with van der Waals surface area (Å²) >= 11 is 1.41. The first-order chi connectivity index (χ1) is 10.2. The minimum atomic E-state index is -0.276. The highest BCUT2D eigenvalue weighted by Crippen LogP contribution is 2.22. The van der Waals surface area contributed by atoms with Gasteiger partial charge in [0.25, 0.3) is 5.91 Å². The molecule has 0 fully saturated rings. The average Bonchev–Trinajstić information content (AvgIpc) is 3.14. The molecule has 0 saturated carbocycles. The van der Waals surface area contributed by atoms with Crippen molar-refractivity contribution < 1.29 is 4.79 Å². The van der Waals surface area contributed by atoms with Crippen LogP contribution in [0.3, 0.4) is 0 Å². The number of nitrogens with two attached hydrogens (primary N) is 1. The number of nitrogens with zero attached hydrogens (tertiary/aromatic N) is 2. The van der Waals surface area contributed by atoms with Gasteiger partial charge in [-0.05, 0) is 36.4 Å². The fourth-order valence-corrected chi connectivity index (χ4v) is 3.14. The molecule has 1 amide bonds. The third-order valence-corrected chi connectivity index (χ3v) is 4.31. The van der Waals surface area contributed by atoms with Crippen LogP contribution in [-0.4, -0.2) is 10.5 Å². The molecule has 3 N–H and O–H groups in total. The Hall–Kier alpha value is -2.62. The highest BCUT2D eigenvalue weighted by Gasteiger charge is 2.09. The number of benzene rings is 1. The lowest BCUT2D eigenvalue weighted by molar-refractivity contribution is 0.0957. The Morgan fingerprint density at radius 3 is 2.95 bits per heavy atom. The molecule has 0 aliphatic heterocycles. The van der Waals surface area contributed by atoms with Gasteiger partial charge in [-0.2, -0.15) is 5.26 Å². The molecular formula is C15H12N4OS. The molecule has 3 rings (SSSR count). The number of fused-ring (bicyclic) bond motifs is 1. The van der Waals surface area contributed by atoms with Gasteiger partial charge in [0.05, 0.1) is 23.1 Å². The predicted octanol–water partition coefficient (Wildman–Crippen LogP) is 2.23. The summed E-state index contributed by atoms with van der Waals surface area (Å²) in [5.41, 5.74) is 3.84. The van der Waals surface area contributed by atoms with Crippen molar-refractivity contribution in [1.29, 1.82) is 5.26 Å². The number of carbonyl (C=O) groups is 1. The standard InChI is InChI=1S/C15H12N4OS/c16-8-10-1-3-13-11(7-10)5-6-19(13)9-12-2-4-14(21-12)15(20)18-17/h1-7H,9,17H2,(H,18,20). The van der Waals surface area contributed by atoms with Crippen LogP contribution in [0.1, 0.15) is 20.1 Å². The first kappa shape index (κ1) is 13.4. The molecule has 0 spiro atoms. The first-order valence-electron chi connectivity index (χ1n) is 6.30. The average molecular weight is 296 g/mol. The minimum Gasteiger partial charge on any atom is -0.342 e. The van der Waals surface area contributed by atoms with Crippen LogP contribution in [0.15, 0.2) is 42.6 Å². The summed E-state index contributed by atoms with van der Waals surface area (Å²) in [5.74, 6) is 4.85. The van der Waals surface area contributed by atoms with Crippen LogP contribution in [0.4, 0.5) is 0 Å². The summed E-state index contributed by atoms with van der Waals surface area (Å²) in [7, 11) is 0. The zero-order valence-electron chi connectivity index (χ0n) is 11.0. The van der Waals surface area contributed by atoms with Gasteiger partial charge in [0.1, 0.15) is 0 Å². The monoisotopic (exact) mass is 296 g/mol. The Labute approximate surface area is 125 Å². The molecule has 3 aromatic rings. The van der Waals surface area contributed by atoms with Crippen LogP contribution in [0.2, 0.25) is 0 Å². The number of amides is 1. The summed E-state index contributed by atoms with van der Waals surface area (Å²) in [6.45, 7) is 0.678. The molecule has 104 valence electrons. The fraction of sp³-hybridized carbons (Fsp3) is 0.0667. The van der Waals surface area contributed by atoms with E-state index in [1.54, 1.807) is 12.1 Å². The number of thiophene rings is 1. The molecule has 1 aromatic carbocycles. The van der Waals surface area contributed by atoms with Gasteiger partial charge >= 0.3 is 0 Å². The predicted molar refractivity (Wildman–Crippen MR) is 81.7 cm³/mol. The van der Waals surface area contributed by atoms with Gasteiger partial charge in [-0.1, -0.05) is 0 Å². The Morgan fingerprint density at radius 2 is 2.19 bits per heavy atom. The van der Waals surface area contributed by atoms with Gasteiger partial charge in [0, 0.05) is 22.0 Å². The molecular weight excluding hydrogens is 284 g/mol. The zero-order valence-corrected chi connectivity index (χ0v) is 11.9. The van der Waals surface area contributed by atoms with Crippen LogP contribution in [-0.2, 0) is 6.54 Å². The summed E-state index contributed by atoms with van der Waals surface area (Å²) < 4.78 is 2.09.